The average Bonchev–Trinajstić information content (AvgIpc) is 2.69. The Kier molecular flexibility index (Phi) is 4.09. The quantitative estimate of drug-likeness (QED) is 0.867. The number of piperidine rings is 1. The molecule has 2 unspecified atom stereocenters. The molecule has 2 saturated heterocycles. The van der Waals surface area contributed by atoms with E-state index < -0.39 is 0 Å². The molecule has 0 saturated carbocycles. The number of hydrogen-bond donors (Lipinski definition) is 1. The smallest absolute Gasteiger partial charge is 0.164 e. The largest absolute Gasteiger partial charge is 0.393 e. The summed E-state index contributed by atoms with van der Waals surface area (Å²) >= 11 is 0. The van der Waals surface area contributed by atoms with E-state index in [4.69, 9.17) is 0 Å². The third-order valence-corrected chi connectivity index (χ3v) is 4.95. The minimum Gasteiger partial charge on any atom is -0.393 e. The molecule has 3 rings (SSSR count). The van der Waals surface area contributed by atoms with Crippen molar-refractivity contribution in [2.24, 2.45) is 0 Å². The number of halogens is 1. The lowest BCUT2D eigenvalue weighted by atomic mass is 9.99. The van der Waals surface area contributed by atoms with Crippen LogP contribution in [0.4, 0.5) is 4.39 Å². The van der Waals surface area contributed by atoms with Gasteiger partial charge < -0.3 is 5.11 Å². The maximum Gasteiger partial charge on any atom is 0.164 e. The number of fused-ring (bicyclic) bond motifs is 2. The maximum absolute atomic E-state index is 13.5. The highest BCUT2D eigenvalue weighted by Gasteiger charge is 2.39. The first-order valence-electron chi connectivity index (χ1n) is 7.78. The molecule has 0 aliphatic carbocycles. The number of hydrogen-bond acceptors (Lipinski definition) is 3. The first-order valence-corrected chi connectivity index (χ1v) is 7.78. The van der Waals surface area contributed by atoms with Crippen LogP contribution in [0.15, 0.2) is 18.2 Å². The predicted octanol–water partition coefficient (Wildman–Crippen LogP) is 2.69. The topological polar surface area (TPSA) is 40.5 Å². The van der Waals surface area contributed by atoms with Gasteiger partial charge in [-0.05, 0) is 44.2 Å². The molecule has 1 N–H and O–H groups in total. The van der Waals surface area contributed by atoms with Crippen LogP contribution in [0, 0.1) is 12.7 Å². The Morgan fingerprint density at radius 1 is 1.33 bits per heavy atom. The van der Waals surface area contributed by atoms with Crippen LogP contribution >= 0.6 is 0 Å². The van der Waals surface area contributed by atoms with E-state index in [1.54, 1.807) is 19.1 Å². The van der Waals surface area contributed by atoms with Crippen LogP contribution in [0.2, 0.25) is 0 Å². The molecule has 1 aromatic carbocycles. The number of aliphatic hydroxyl groups excluding tert-OH is 1. The van der Waals surface area contributed by atoms with E-state index in [1.807, 2.05) is 0 Å². The fourth-order valence-corrected chi connectivity index (χ4v) is 3.75. The number of Topliss-reactive ketones (excluding diaryl/α,β-unsaturated/α-hetero) is 1. The van der Waals surface area contributed by atoms with Crippen LogP contribution in [0.5, 0.6) is 0 Å². The molecule has 2 aliphatic rings. The van der Waals surface area contributed by atoms with Crippen LogP contribution < -0.4 is 0 Å². The first kappa shape index (κ1) is 14.7. The van der Waals surface area contributed by atoms with Crippen molar-refractivity contribution < 1.29 is 14.3 Å². The minimum atomic E-state index is -0.318. The van der Waals surface area contributed by atoms with Crippen molar-refractivity contribution >= 4 is 5.78 Å². The number of nitrogens with zero attached hydrogens (tertiary/aromatic N) is 1. The molecule has 1 aromatic rings. The van der Waals surface area contributed by atoms with Crippen LogP contribution in [0.3, 0.4) is 0 Å². The Bertz CT molecular complexity index is 532. The summed E-state index contributed by atoms with van der Waals surface area (Å²) in [6, 6.07) is 5.54. The molecular weight excluding hydrogens is 269 g/mol. The van der Waals surface area contributed by atoms with E-state index in [9.17, 15) is 14.3 Å². The SMILES string of the molecule is Cc1ccc(C(=O)CCN2C3CCC2CC(O)C3)cc1F. The third-order valence-electron chi connectivity index (χ3n) is 4.95. The summed E-state index contributed by atoms with van der Waals surface area (Å²) in [7, 11) is 0. The normalized spacial score (nSPS) is 28.8. The molecular formula is C17H22FNO2. The van der Waals surface area contributed by atoms with Gasteiger partial charge in [-0.15, -0.1) is 0 Å². The second-order valence-electron chi connectivity index (χ2n) is 6.39. The molecule has 0 radical (unpaired) electrons. The standard InChI is InChI=1S/C17H22FNO2/c1-11-2-3-12(8-16(11)18)17(21)6-7-19-13-4-5-14(19)10-15(20)9-13/h2-3,8,13-15,20H,4-7,9-10H2,1H3. The number of carbonyl (C=O) groups excluding carboxylic acids is 1. The van der Waals surface area contributed by atoms with Gasteiger partial charge in [0.25, 0.3) is 0 Å². The van der Waals surface area contributed by atoms with Crippen molar-refractivity contribution in [2.75, 3.05) is 6.54 Å². The number of aliphatic hydroxyl groups is 1. The van der Waals surface area contributed by atoms with Gasteiger partial charge in [0.15, 0.2) is 5.78 Å². The molecule has 4 heteroatoms. The predicted molar refractivity (Wildman–Crippen MR) is 78.8 cm³/mol. The molecule has 2 aliphatic heterocycles. The van der Waals surface area contributed by atoms with E-state index in [0.717, 1.165) is 32.2 Å². The molecule has 0 spiro atoms. The number of rotatable bonds is 4. The lowest BCUT2D eigenvalue weighted by Crippen LogP contribution is -2.45. The fraction of sp³-hybridized carbons (Fsp3) is 0.588. The fourth-order valence-electron chi connectivity index (χ4n) is 3.75. The van der Waals surface area contributed by atoms with Gasteiger partial charge in [-0.2, -0.15) is 0 Å². The molecule has 0 aromatic heterocycles. The van der Waals surface area contributed by atoms with Crippen molar-refractivity contribution in [2.45, 2.75) is 57.2 Å². The van der Waals surface area contributed by atoms with E-state index in [-0.39, 0.29) is 17.7 Å². The van der Waals surface area contributed by atoms with Crippen LogP contribution in [-0.4, -0.2) is 40.5 Å². The highest BCUT2D eigenvalue weighted by atomic mass is 19.1. The second kappa shape index (κ2) is 5.85. The van der Waals surface area contributed by atoms with Crippen molar-refractivity contribution in [3.05, 3.63) is 35.1 Å². The third kappa shape index (κ3) is 3.01. The zero-order chi connectivity index (χ0) is 15.0. The minimum absolute atomic E-state index is 0.000535. The molecule has 2 atom stereocenters. The van der Waals surface area contributed by atoms with Gasteiger partial charge in [0.1, 0.15) is 5.82 Å². The Balaban J connectivity index is 1.60. The van der Waals surface area contributed by atoms with Crippen molar-refractivity contribution in [1.29, 1.82) is 0 Å². The molecule has 21 heavy (non-hydrogen) atoms. The summed E-state index contributed by atoms with van der Waals surface area (Å²) in [5.74, 6) is -0.318. The molecule has 3 nitrogen and oxygen atoms in total. The second-order valence-corrected chi connectivity index (χ2v) is 6.39. The molecule has 2 heterocycles. The Labute approximate surface area is 124 Å². The number of benzene rings is 1. The Morgan fingerprint density at radius 2 is 2.00 bits per heavy atom. The zero-order valence-electron chi connectivity index (χ0n) is 12.4. The van der Waals surface area contributed by atoms with Crippen LogP contribution in [0.25, 0.3) is 0 Å². The molecule has 2 fully saturated rings. The van der Waals surface area contributed by atoms with E-state index in [1.165, 1.54) is 6.07 Å². The summed E-state index contributed by atoms with van der Waals surface area (Å²) in [6.45, 7) is 2.41. The summed E-state index contributed by atoms with van der Waals surface area (Å²) < 4.78 is 13.5. The maximum atomic E-state index is 13.5. The van der Waals surface area contributed by atoms with E-state index >= 15 is 0 Å². The lowest BCUT2D eigenvalue weighted by molar-refractivity contribution is 0.0349. The van der Waals surface area contributed by atoms with Crippen LogP contribution in [-0.2, 0) is 0 Å². The average molecular weight is 291 g/mol. The van der Waals surface area contributed by atoms with Gasteiger partial charge in [0.2, 0.25) is 0 Å². The monoisotopic (exact) mass is 291 g/mol. The van der Waals surface area contributed by atoms with Crippen LogP contribution in [0.1, 0.15) is 48.0 Å². The van der Waals surface area contributed by atoms with E-state index in [2.05, 4.69) is 4.90 Å². The van der Waals surface area contributed by atoms with E-state index in [0.29, 0.717) is 29.6 Å². The summed E-state index contributed by atoms with van der Waals surface area (Å²) in [4.78, 5) is 14.6. The number of aryl methyl sites for hydroxylation is 1. The molecule has 114 valence electrons. The van der Waals surface area contributed by atoms with Crippen molar-refractivity contribution in [3.63, 3.8) is 0 Å². The molecule has 2 bridgehead atoms. The zero-order valence-corrected chi connectivity index (χ0v) is 12.4. The van der Waals surface area contributed by atoms with Gasteiger partial charge in [-0.3, -0.25) is 9.69 Å². The van der Waals surface area contributed by atoms with Gasteiger partial charge >= 0.3 is 0 Å². The van der Waals surface area contributed by atoms with Crippen molar-refractivity contribution in [3.8, 4) is 0 Å². The summed E-state index contributed by atoms with van der Waals surface area (Å²) in [6.07, 6.45) is 4.13. The summed E-state index contributed by atoms with van der Waals surface area (Å²) in [5, 5.41) is 9.78. The molecule has 0 amide bonds. The highest BCUT2D eigenvalue weighted by molar-refractivity contribution is 5.96. The van der Waals surface area contributed by atoms with Gasteiger partial charge in [-0.1, -0.05) is 12.1 Å². The van der Waals surface area contributed by atoms with Gasteiger partial charge in [-0.25, -0.2) is 4.39 Å². The highest BCUT2D eigenvalue weighted by Crippen LogP contribution is 2.35. The van der Waals surface area contributed by atoms with Crippen molar-refractivity contribution in [1.82, 2.24) is 4.90 Å². The number of ketones is 1. The van der Waals surface area contributed by atoms with Gasteiger partial charge in [0.05, 0.1) is 6.10 Å². The lowest BCUT2D eigenvalue weighted by Gasteiger charge is -2.37. The first-order chi connectivity index (χ1) is 10.0. The number of carbonyl (C=O) groups is 1. The Morgan fingerprint density at radius 3 is 2.62 bits per heavy atom. The summed E-state index contributed by atoms with van der Waals surface area (Å²) in [5.41, 5.74) is 1.03. The Hall–Kier alpha value is -1.26. The van der Waals surface area contributed by atoms with Gasteiger partial charge in [0, 0.05) is 30.6 Å².